The fourth-order valence-electron chi connectivity index (χ4n) is 3.35. The number of halogens is 2. The minimum atomic E-state index is -0.626. The van der Waals surface area contributed by atoms with Crippen molar-refractivity contribution in [2.45, 2.75) is 26.2 Å². The topological polar surface area (TPSA) is 98.3 Å². The molecule has 0 saturated carbocycles. The molecule has 0 aliphatic heterocycles. The van der Waals surface area contributed by atoms with Gasteiger partial charge >= 0.3 is 0 Å². The number of hydrogen-bond donors (Lipinski definition) is 1. The quantitative estimate of drug-likeness (QED) is 0.226. The molecule has 1 aromatic heterocycles. The van der Waals surface area contributed by atoms with Gasteiger partial charge in [0.2, 0.25) is 5.89 Å². The zero-order valence-corrected chi connectivity index (χ0v) is 19.3. The molecule has 1 atom stereocenters. The number of nitrogens with zero attached hydrogens (tertiary/aromatic N) is 2. The Morgan fingerprint density at radius 1 is 1.12 bits per heavy atom. The lowest BCUT2D eigenvalue weighted by atomic mass is 9.98. The van der Waals surface area contributed by atoms with Crippen molar-refractivity contribution in [1.82, 2.24) is 4.98 Å². The van der Waals surface area contributed by atoms with Crippen molar-refractivity contribution in [3.63, 3.8) is 0 Å². The molecule has 0 spiro atoms. The SMILES string of the molecule is CC[C@H](C)c1ccc2oc(-c3ccc(Cl)c(NC(=O)c4cc([N+](=O)[O-])ccc4Cl)c3)nc2c1. The predicted octanol–water partition coefficient (Wildman–Crippen LogP) is 7.48. The second-order valence-corrected chi connectivity index (χ2v) is 8.44. The molecule has 0 radical (unpaired) electrons. The van der Waals surface area contributed by atoms with E-state index in [1.807, 2.05) is 18.2 Å². The van der Waals surface area contributed by atoms with E-state index in [0.717, 1.165) is 18.0 Å². The number of hydrogen-bond acceptors (Lipinski definition) is 5. The van der Waals surface area contributed by atoms with Crippen molar-refractivity contribution in [2.24, 2.45) is 0 Å². The lowest BCUT2D eigenvalue weighted by molar-refractivity contribution is -0.384. The lowest BCUT2D eigenvalue weighted by Crippen LogP contribution is -2.13. The van der Waals surface area contributed by atoms with Gasteiger partial charge in [-0.1, -0.05) is 43.1 Å². The summed E-state index contributed by atoms with van der Waals surface area (Å²) >= 11 is 12.4. The summed E-state index contributed by atoms with van der Waals surface area (Å²) in [6.07, 6.45) is 1.02. The van der Waals surface area contributed by atoms with Crippen molar-refractivity contribution in [2.75, 3.05) is 5.32 Å². The van der Waals surface area contributed by atoms with Crippen LogP contribution in [0.4, 0.5) is 11.4 Å². The molecule has 3 aromatic carbocycles. The van der Waals surface area contributed by atoms with E-state index in [0.29, 0.717) is 28.6 Å². The maximum atomic E-state index is 12.8. The van der Waals surface area contributed by atoms with E-state index in [4.69, 9.17) is 27.6 Å². The number of nitrogens with one attached hydrogen (secondary N) is 1. The highest BCUT2D eigenvalue weighted by Crippen LogP contribution is 2.32. The van der Waals surface area contributed by atoms with Crippen LogP contribution in [0, 0.1) is 10.1 Å². The monoisotopic (exact) mass is 483 g/mol. The average molecular weight is 484 g/mol. The van der Waals surface area contributed by atoms with E-state index >= 15 is 0 Å². The Morgan fingerprint density at radius 2 is 1.88 bits per heavy atom. The summed E-state index contributed by atoms with van der Waals surface area (Å²) < 4.78 is 5.91. The fourth-order valence-corrected chi connectivity index (χ4v) is 3.72. The van der Waals surface area contributed by atoms with E-state index in [1.165, 1.54) is 17.7 Å². The Kier molecular flexibility index (Phi) is 6.35. The number of oxazole rings is 1. The summed E-state index contributed by atoms with van der Waals surface area (Å²) in [7, 11) is 0. The van der Waals surface area contributed by atoms with Gasteiger partial charge in [-0.05, 0) is 54.3 Å². The third-order valence-corrected chi connectivity index (χ3v) is 6.12. The van der Waals surface area contributed by atoms with E-state index in [2.05, 4.69) is 24.1 Å². The molecule has 9 heteroatoms. The molecule has 7 nitrogen and oxygen atoms in total. The van der Waals surface area contributed by atoms with Crippen LogP contribution in [-0.4, -0.2) is 15.8 Å². The standard InChI is InChI=1S/C24H19Cl2N3O4/c1-3-13(2)14-5-9-22-21(10-14)28-24(33-22)15-4-7-19(26)20(11-15)27-23(30)17-12-16(29(31)32)6-8-18(17)25/h4-13H,3H2,1-2H3,(H,27,30)/t13-/m0/s1. The maximum absolute atomic E-state index is 12.8. The molecule has 0 aliphatic rings. The zero-order valence-electron chi connectivity index (χ0n) is 17.8. The van der Waals surface area contributed by atoms with E-state index < -0.39 is 10.8 Å². The molecular weight excluding hydrogens is 465 g/mol. The molecule has 1 N–H and O–H groups in total. The van der Waals surface area contributed by atoms with Crippen LogP contribution in [0.2, 0.25) is 10.0 Å². The maximum Gasteiger partial charge on any atom is 0.270 e. The Bertz CT molecular complexity index is 1380. The smallest absolute Gasteiger partial charge is 0.270 e. The number of non-ortho nitro benzene ring substituents is 1. The average Bonchev–Trinajstić information content (AvgIpc) is 3.23. The normalized spacial score (nSPS) is 12.0. The van der Waals surface area contributed by atoms with Crippen molar-refractivity contribution < 1.29 is 14.1 Å². The summed E-state index contributed by atoms with van der Waals surface area (Å²) in [5, 5.41) is 14.1. The van der Waals surface area contributed by atoms with Crippen molar-refractivity contribution >= 4 is 51.6 Å². The Morgan fingerprint density at radius 3 is 2.61 bits per heavy atom. The predicted molar refractivity (Wildman–Crippen MR) is 129 cm³/mol. The van der Waals surface area contributed by atoms with Crippen LogP contribution < -0.4 is 5.32 Å². The minimum Gasteiger partial charge on any atom is -0.436 e. The first-order valence-corrected chi connectivity index (χ1v) is 11.0. The van der Waals surface area contributed by atoms with Crippen LogP contribution in [0.1, 0.15) is 42.1 Å². The van der Waals surface area contributed by atoms with Crippen LogP contribution in [-0.2, 0) is 0 Å². The molecule has 0 bridgehead atoms. The van der Waals surface area contributed by atoms with Crippen LogP contribution in [0.3, 0.4) is 0 Å². The van der Waals surface area contributed by atoms with Gasteiger partial charge in [0.1, 0.15) is 5.52 Å². The van der Waals surface area contributed by atoms with Gasteiger partial charge in [-0.2, -0.15) is 0 Å². The highest BCUT2D eigenvalue weighted by Gasteiger charge is 2.18. The van der Waals surface area contributed by atoms with Crippen LogP contribution >= 0.6 is 23.2 Å². The van der Waals surface area contributed by atoms with E-state index in [9.17, 15) is 14.9 Å². The number of benzene rings is 3. The number of rotatable bonds is 6. The van der Waals surface area contributed by atoms with Crippen molar-refractivity contribution in [3.05, 3.63) is 85.9 Å². The summed E-state index contributed by atoms with van der Waals surface area (Å²) in [5.74, 6) is 0.165. The third-order valence-electron chi connectivity index (χ3n) is 5.46. The highest BCUT2D eigenvalue weighted by molar-refractivity contribution is 6.36. The first-order chi connectivity index (χ1) is 15.8. The number of carbonyl (C=O) groups excluding carboxylic acids is 1. The number of amides is 1. The molecule has 0 saturated heterocycles. The number of anilines is 1. The molecule has 168 valence electrons. The van der Waals surface area contributed by atoms with E-state index in [1.54, 1.807) is 18.2 Å². The van der Waals surface area contributed by atoms with Crippen molar-refractivity contribution in [3.8, 4) is 11.5 Å². The van der Waals surface area contributed by atoms with Crippen LogP contribution in [0.5, 0.6) is 0 Å². The molecule has 4 aromatic rings. The molecular formula is C24H19Cl2N3O4. The lowest BCUT2D eigenvalue weighted by Gasteiger charge is -2.09. The number of aromatic nitrogens is 1. The second-order valence-electron chi connectivity index (χ2n) is 7.63. The number of fused-ring (bicyclic) bond motifs is 1. The minimum absolute atomic E-state index is 0.0354. The van der Waals surface area contributed by atoms with Gasteiger partial charge in [0.15, 0.2) is 5.58 Å². The van der Waals surface area contributed by atoms with Crippen LogP contribution in [0.25, 0.3) is 22.6 Å². The zero-order chi connectivity index (χ0) is 23.7. The largest absolute Gasteiger partial charge is 0.436 e. The Balaban J connectivity index is 1.65. The number of nitro groups is 1. The Hall–Kier alpha value is -3.42. The second kappa shape index (κ2) is 9.21. The van der Waals surface area contributed by atoms with E-state index in [-0.39, 0.29) is 21.3 Å². The summed E-state index contributed by atoms with van der Waals surface area (Å²) in [5.41, 5.74) is 3.21. The van der Waals surface area contributed by atoms with Gasteiger partial charge in [0.25, 0.3) is 11.6 Å². The van der Waals surface area contributed by atoms with Gasteiger partial charge in [-0.3, -0.25) is 14.9 Å². The molecule has 0 fully saturated rings. The summed E-state index contributed by atoms with van der Waals surface area (Å²) in [6.45, 7) is 4.29. The number of carbonyl (C=O) groups is 1. The first kappa shape index (κ1) is 22.8. The molecule has 0 unspecified atom stereocenters. The van der Waals surface area contributed by atoms with Gasteiger partial charge < -0.3 is 9.73 Å². The molecule has 4 rings (SSSR count). The van der Waals surface area contributed by atoms with Gasteiger partial charge in [0.05, 0.1) is 26.2 Å². The highest BCUT2D eigenvalue weighted by atomic mass is 35.5. The van der Waals surface area contributed by atoms with Gasteiger partial charge in [-0.25, -0.2) is 4.98 Å². The summed E-state index contributed by atoms with van der Waals surface area (Å²) in [4.78, 5) is 27.8. The molecule has 33 heavy (non-hydrogen) atoms. The number of nitro benzene ring substituents is 1. The van der Waals surface area contributed by atoms with Gasteiger partial charge in [0, 0.05) is 17.7 Å². The van der Waals surface area contributed by atoms with Crippen LogP contribution in [0.15, 0.2) is 59.0 Å². The first-order valence-electron chi connectivity index (χ1n) is 10.2. The third kappa shape index (κ3) is 4.69. The Labute approximate surface area is 199 Å². The molecule has 1 heterocycles. The van der Waals surface area contributed by atoms with Gasteiger partial charge in [-0.15, -0.1) is 0 Å². The molecule has 1 amide bonds. The molecule has 0 aliphatic carbocycles. The fraction of sp³-hybridized carbons (Fsp3) is 0.167. The van der Waals surface area contributed by atoms with Crippen molar-refractivity contribution in [1.29, 1.82) is 0 Å². The summed E-state index contributed by atoms with van der Waals surface area (Å²) in [6, 6.07) is 14.6.